The lowest BCUT2D eigenvalue weighted by molar-refractivity contribution is -0.145. The Balaban J connectivity index is 1.88. The predicted octanol–water partition coefficient (Wildman–Crippen LogP) is 1.91. The van der Waals surface area contributed by atoms with Crippen LogP contribution in [0.5, 0.6) is 0 Å². The molecule has 7 heteroatoms. The fourth-order valence-corrected chi connectivity index (χ4v) is 2.85. The van der Waals surface area contributed by atoms with Crippen LogP contribution in [0, 0.1) is 0 Å². The highest BCUT2D eigenvalue weighted by Crippen LogP contribution is 2.38. The second kappa shape index (κ2) is 4.86. The van der Waals surface area contributed by atoms with Crippen molar-refractivity contribution in [3.05, 3.63) is 46.0 Å². The number of hydrogen-bond donors (Lipinski definition) is 2. The molecule has 104 valence electrons. The number of halogens is 2. The highest BCUT2D eigenvalue weighted by Gasteiger charge is 2.48. The van der Waals surface area contributed by atoms with Crippen LogP contribution in [0.15, 0.2) is 30.4 Å². The lowest BCUT2D eigenvalue weighted by atomic mass is 9.90. The van der Waals surface area contributed by atoms with Gasteiger partial charge in [-0.2, -0.15) is 5.48 Å². The van der Waals surface area contributed by atoms with Crippen molar-refractivity contribution in [3.8, 4) is 0 Å². The van der Waals surface area contributed by atoms with Gasteiger partial charge in [0.25, 0.3) is 5.91 Å². The van der Waals surface area contributed by atoms with Gasteiger partial charge in [-0.1, -0.05) is 29.3 Å². The molecule has 2 aliphatic rings. The second-order valence-corrected chi connectivity index (χ2v) is 5.53. The number of carbonyl (C=O) groups is 2. The van der Waals surface area contributed by atoms with Crippen molar-refractivity contribution in [1.29, 1.82) is 0 Å². The van der Waals surface area contributed by atoms with Crippen molar-refractivity contribution in [2.75, 3.05) is 0 Å². The minimum atomic E-state index is -1.18. The van der Waals surface area contributed by atoms with Crippen LogP contribution < -0.4 is 10.8 Å². The summed E-state index contributed by atoms with van der Waals surface area (Å²) in [5.41, 5.74) is 2.39. The van der Waals surface area contributed by atoms with Crippen LogP contribution in [0.25, 0.3) is 0 Å². The Morgan fingerprint density at radius 2 is 2.10 bits per heavy atom. The average Bonchev–Trinajstić information content (AvgIpc) is 2.80. The van der Waals surface area contributed by atoms with Crippen molar-refractivity contribution in [3.63, 3.8) is 0 Å². The SMILES string of the molecule is O=C1C=C[C@]2(CC(c3ccc(Cl)cc3Cl)NO2)C(=O)N1. The number of imide groups is 1. The van der Waals surface area contributed by atoms with Crippen LogP contribution in [0.4, 0.5) is 0 Å². The van der Waals surface area contributed by atoms with Gasteiger partial charge in [-0.3, -0.25) is 19.7 Å². The number of carbonyl (C=O) groups excluding carboxylic acids is 2. The monoisotopic (exact) mass is 312 g/mol. The van der Waals surface area contributed by atoms with E-state index < -0.39 is 17.4 Å². The van der Waals surface area contributed by atoms with E-state index in [4.69, 9.17) is 28.0 Å². The molecule has 0 aliphatic carbocycles. The molecule has 1 spiro atoms. The van der Waals surface area contributed by atoms with E-state index in [1.54, 1.807) is 18.2 Å². The van der Waals surface area contributed by atoms with Crippen LogP contribution in [-0.2, 0) is 14.4 Å². The molecule has 1 fully saturated rings. The summed E-state index contributed by atoms with van der Waals surface area (Å²) in [5, 5.41) is 3.25. The summed E-state index contributed by atoms with van der Waals surface area (Å²) in [5.74, 6) is -0.928. The largest absolute Gasteiger partial charge is 0.290 e. The molecule has 2 amide bonds. The first kappa shape index (κ1) is 13.6. The van der Waals surface area contributed by atoms with Crippen LogP contribution in [0.2, 0.25) is 10.0 Å². The van der Waals surface area contributed by atoms with Crippen molar-refractivity contribution >= 4 is 35.0 Å². The van der Waals surface area contributed by atoms with E-state index in [-0.39, 0.29) is 6.04 Å². The maximum atomic E-state index is 11.9. The maximum Gasteiger partial charge on any atom is 0.265 e. The summed E-state index contributed by atoms with van der Waals surface area (Å²) < 4.78 is 0. The van der Waals surface area contributed by atoms with Gasteiger partial charge >= 0.3 is 0 Å². The van der Waals surface area contributed by atoms with E-state index >= 15 is 0 Å². The van der Waals surface area contributed by atoms with Crippen LogP contribution >= 0.6 is 23.2 Å². The smallest absolute Gasteiger partial charge is 0.265 e. The molecule has 0 aromatic heterocycles. The van der Waals surface area contributed by atoms with Gasteiger partial charge in [0, 0.05) is 22.5 Å². The highest BCUT2D eigenvalue weighted by atomic mass is 35.5. The van der Waals surface area contributed by atoms with Gasteiger partial charge in [-0.15, -0.1) is 0 Å². The van der Waals surface area contributed by atoms with E-state index in [2.05, 4.69) is 10.8 Å². The highest BCUT2D eigenvalue weighted by molar-refractivity contribution is 6.35. The number of nitrogens with one attached hydrogen (secondary N) is 2. The zero-order valence-electron chi connectivity index (χ0n) is 10.2. The first-order chi connectivity index (χ1) is 9.50. The van der Waals surface area contributed by atoms with E-state index in [9.17, 15) is 9.59 Å². The van der Waals surface area contributed by atoms with E-state index in [1.807, 2.05) is 0 Å². The molecule has 0 bridgehead atoms. The quantitative estimate of drug-likeness (QED) is 0.777. The van der Waals surface area contributed by atoms with Crippen molar-refractivity contribution in [2.24, 2.45) is 0 Å². The minimum absolute atomic E-state index is 0.261. The van der Waals surface area contributed by atoms with Crippen LogP contribution in [0.3, 0.4) is 0 Å². The van der Waals surface area contributed by atoms with Crippen molar-refractivity contribution < 1.29 is 14.4 Å². The Morgan fingerprint density at radius 3 is 2.80 bits per heavy atom. The summed E-state index contributed by atoms with van der Waals surface area (Å²) in [4.78, 5) is 28.5. The van der Waals surface area contributed by atoms with Crippen LogP contribution in [-0.4, -0.2) is 17.4 Å². The molecular formula is C13H10Cl2N2O3. The van der Waals surface area contributed by atoms with Crippen LogP contribution in [0.1, 0.15) is 18.0 Å². The van der Waals surface area contributed by atoms with Gasteiger partial charge in [0.2, 0.25) is 5.91 Å². The maximum absolute atomic E-state index is 11.9. The zero-order chi connectivity index (χ0) is 14.3. The third kappa shape index (κ3) is 2.23. The molecule has 20 heavy (non-hydrogen) atoms. The Kier molecular flexibility index (Phi) is 3.30. The molecule has 0 radical (unpaired) electrons. The van der Waals surface area contributed by atoms with Gasteiger partial charge in [-0.05, 0) is 23.8 Å². The first-order valence-corrected chi connectivity index (χ1v) is 6.69. The third-order valence-electron chi connectivity index (χ3n) is 3.35. The summed E-state index contributed by atoms with van der Waals surface area (Å²) in [6.07, 6.45) is 3.09. The standard InChI is InChI=1S/C13H10Cl2N2O3/c14-7-1-2-8(9(15)5-7)10-6-13(20-17-10)4-3-11(18)16-12(13)19/h1-5,10,17H,6H2,(H,16,18,19)/t10?,13-/m0/s1. The Labute approximate surface area is 124 Å². The number of rotatable bonds is 1. The molecular weight excluding hydrogens is 303 g/mol. The third-order valence-corrected chi connectivity index (χ3v) is 3.92. The van der Waals surface area contributed by atoms with E-state index in [0.717, 1.165) is 5.56 Å². The summed E-state index contributed by atoms with van der Waals surface area (Å²) >= 11 is 12.0. The molecule has 2 N–H and O–H groups in total. The van der Waals surface area contributed by atoms with Crippen molar-refractivity contribution in [2.45, 2.75) is 18.1 Å². The fraction of sp³-hybridized carbons (Fsp3) is 0.231. The molecule has 3 rings (SSSR count). The molecule has 2 aliphatic heterocycles. The summed E-state index contributed by atoms with van der Waals surface area (Å²) in [7, 11) is 0. The Morgan fingerprint density at radius 1 is 1.30 bits per heavy atom. The van der Waals surface area contributed by atoms with Gasteiger partial charge < -0.3 is 0 Å². The molecule has 2 atom stereocenters. The lowest BCUT2D eigenvalue weighted by Gasteiger charge is -2.24. The molecule has 1 aromatic carbocycles. The zero-order valence-corrected chi connectivity index (χ0v) is 11.7. The first-order valence-electron chi connectivity index (χ1n) is 5.93. The molecule has 0 saturated carbocycles. The molecule has 5 nitrogen and oxygen atoms in total. The molecule has 2 heterocycles. The van der Waals surface area contributed by atoms with E-state index in [0.29, 0.717) is 16.5 Å². The number of hydroxylamine groups is 1. The minimum Gasteiger partial charge on any atom is -0.290 e. The van der Waals surface area contributed by atoms with E-state index in [1.165, 1.54) is 12.2 Å². The summed E-state index contributed by atoms with van der Waals surface area (Å²) in [6.45, 7) is 0. The van der Waals surface area contributed by atoms with Gasteiger partial charge in [0.1, 0.15) is 0 Å². The molecule has 1 aromatic rings. The summed E-state index contributed by atoms with van der Waals surface area (Å²) in [6, 6.07) is 4.87. The Hall–Kier alpha value is -1.40. The second-order valence-electron chi connectivity index (χ2n) is 4.68. The number of hydrogen-bond acceptors (Lipinski definition) is 4. The normalized spacial score (nSPS) is 29.0. The predicted molar refractivity (Wildman–Crippen MR) is 73.1 cm³/mol. The average molecular weight is 313 g/mol. The van der Waals surface area contributed by atoms with Crippen molar-refractivity contribution in [1.82, 2.24) is 10.8 Å². The molecule has 1 saturated heterocycles. The molecule has 1 unspecified atom stereocenters. The topological polar surface area (TPSA) is 67.4 Å². The van der Waals surface area contributed by atoms with Gasteiger partial charge in [0.05, 0.1) is 6.04 Å². The number of benzene rings is 1. The Bertz CT molecular complexity index is 632. The number of amides is 2. The van der Waals surface area contributed by atoms with Gasteiger partial charge in [-0.25, -0.2) is 0 Å². The van der Waals surface area contributed by atoms with Gasteiger partial charge in [0.15, 0.2) is 5.60 Å². The lowest BCUT2D eigenvalue weighted by Crippen LogP contribution is -2.50. The fourth-order valence-electron chi connectivity index (χ4n) is 2.31.